The molecule has 4 heterocycles. The first kappa shape index (κ1) is 35.1. The molecule has 4 aliphatic rings. The van der Waals surface area contributed by atoms with Crippen LogP contribution < -0.4 is 5.32 Å². The maximum Gasteiger partial charge on any atom is 0.410 e. The molecular weight excluding hydrogens is 584 g/mol. The average Bonchev–Trinajstić information content (AvgIpc) is 3.58. The molecule has 0 radical (unpaired) electrons. The lowest BCUT2D eigenvalue weighted by Gasteiger charge is -2.42. The smallest absolute Gasteiger partial charge is 0.410 e. The molecule has 2 amide bonds. The molecule has 4 aliphatic heterocycles. The first-order valence-electron chi connectivity index (χ1n) is 15.9. The summed E-state index contributed by atoms with van der Waals surface area (Å²) in [5.41, 5.74) is 0.420. The number of carbonyl (C=O) groups excluding carboxylic acids is 3. The van der Waals surface area contributed by atoms with E-state index in [0.29, 0.717) is 32.4 Å². The van der Waals surface area contributed by atoms with E-state index in [1.165, 1.54) is 24.2 Å². The van der Waals surface area contributed by atoms with Crippen molar-refractivity contribution in [3.05, 3.63) is 36.0 Å². The highest BCUT2D eigenvalue weighted by Crippen LogP contribution is 2.46. The van der Waals surface area contributed by atoms with Crippen LogP contribution >= 0.6 is 0 Å². The normalized spacial score (nSPS) is 37.6. The number of allylic oxidation sites excluding steroid dienone is 2. The minimum absolute atomic E-state index is 0.00715. The second-order valence-corrected chi connectivity index (χ2v) is 13.0. The molecule has 252 valence electrons. The molecule has 12 nitrogen and oxygen atoms in total. The van der Waals surface area contributed by atoms with Gasteiger partial charge in [-0.2, -0.15) is 0 Å². The lowest BCUT2D eigenvalue weighted by molar-refractivity contribution is -0.284. The van der Waals surface area contributed by atoms with Gasteiger partial charge in [0.15, 0.2) is 5.79 Å². The van der Waals surface area contributed by atoms with E-state index in [-0.39, 0.29) is 48.5 Å². The zero-order valence-electron chi connectivity index (χ0n) is 27.5. The first-order valence-corrected chi connectivity index (χ1v) is 15.9. The summed E-state index contributed by atoms with van der Waals surface area (Å²) in [6.45, 7) is 10.8. The molecule has 0 aromatic carbocycles. The van der Waals surface area contributed by atoms with Crippen LogP contribution in [0.3, 0.4) is 0 Å². The van der Waals surface area contributed by atoms with Crippen LogP contribution in [-0.4, -0.2) is 110 Å². The molecular formula is C33H50N2O10. The minimum Gasteiger partial charge on any atom is -0.469 e. The minimum atomic E-state index is -0.817. The van der Waals surface area contributed by atoms with E-state index >= 15 is 0 Å². The van der Waals surface area contributed by atoms with Crippen molar-refractivity contribution >= 4 is 18.0 Å². The Labute approximate surface area is 266 Å². The van der Waals surface area contributed by atoms with E-state index < -0.39 is 35.8 Å². The Morgan fingerprint density at radius 1 is 1.20 bits per heavy atom. The summed E-state index contributed by atoms with van der Waals surface area (Å²) in [5, 5.41) is 13.8. The van der Waals surface area contributed by atoms with Gasteiger partial charge >= 0.3 is 12.1 Å². The zero-order chi connectivity index (χ0) is 32.9. The molecule has 12 heteroatoms. The van der Waals surface area contributed by atoms with E-state index in [2.05, 4.69) is 18.3 Å². The van der Waals surface area contributed by atoms with Gasteiger partial charge in [-0.15, -0.1) is 0 Å². The van der Waals surface area contributed by atoms with Crippen molar-refractivity contribution in [1.82, 2.24) is 10.2 Å². The van der Waals surface area contributed by atoms with Crippen molar-refractivity contribution in [3.8, 4) is 0 Å². The number of aliphatic hydroxyl groups excluding tert-OH is 1. The summed E-state index contributed by atoms with van der Waals surface area (Å²) < 4.78 is 33.7. The van der Waals surface area contributed by atoms with E-state index in [4.69, 9.17) is 28.4 Å². The number of nitrogens with one attached hydrogen (secondary N) is 1. The first-order chi connectivity index (χ1) is 21.3. The Morgan fingerprint density at radius 3 is 2.60 bits per heavy atom. The summed E-state index contributed by atoms with van der Waals surface area (Å²) in [5.74, 6) is -1.57. The summed E-state index contributed by atoms with van der Waals surface area (Å²) >= 11 is 0. The number of hydrogen-bond donors (Lipinski definition) is 2. The predicted molar refractivity (Wildman–Crippen MR) is 164 cm³/mol. The Hall–Kier alpha value is -2.77. The number of nitrogens with zero attached hydrogens (tertiary/aromatic N) is 1. The van der Waals surface area contributed by atoms with Crippen molar-refractivity contribution in [1.29, 1.82) is 0 Å². The zero-order valence-corrected chi connectivity index (χ0v) is 27.5. The van der Waals surface area contributed by atoms with E-state index in [1.807, 2.05) is 32.9 Å². The summed E-state index contributed by atoms with van der Waals surface area (Å²) in [7, 11) is 2.93. The van der Waals surface area contributed by atoms with Crippen LogP contribution in [0.5, 0.6) is 0 Å². The number of epoxide rings is 1. The van der Waals surface area contributed by atoms with Gasteiger partial charge in [0.25, 0.3) is 0 Å². The second-order valence-electron chi connectivity index (χ2n) is 13.0. The lowest BCUT2D eigenvalue weighted by Crippen LogP contribution is -2.55. The molecule has 2 N–H and O–H groups in total. The molecule has 0 bridgehead atoms. The van der Waals surface area contributed by atoms with Crippen LogP contribution in [0, 0.1) is 11.8 Å². The number of hydrogen-bond acceptors (Lipinski definition) is 10. The lowest BCUT2D eigenvalue weighted by atomic mass is 9.87. The van der Waals surface area contributed by atoms with Crippen molar-refractivity contribution < 1.29 is 47.9 Å². The monoisotopic (exact) mass is 634 g/mol. The number of methoxy groups -OCH3 is 2. The van der Waals surface area contributed by atoms with Crippen LogP contribution in [0.25, 0.3) is 0 Å². The number of carbonyl (C=O) groups is 3. The number of aliphatic hydroxyl groups is 1. The fraction of sp³-hybridized carbons (Fsp3) is 0.727. The van der Waals surface area contributed by atoms with E-state index in [1.54, 1.807) is 14.0 Å². The van der Waals surface area contributed by atoms with Gasteiger partial charge in [-0.3, -0.25) is 9.59 Å². The van der Waals surface area contributed by atoms with Gasteiger partial charge in [-0.1, -0.05) is 30.7 Å². The SMILES string of the molecule is COC(=O)[C@@H]1CCN(C(=O)O[C@@H](C)/C=C\C(=O)N[C@@H]2C[C@H](C)[C@H](C/C=C(C)/C=C/C3O[C@](C)(OC)C[C@@]4(CO4)[C@@H]3O)O[C@@H]2C)C1. The van der Waals surface area contributed by atoms with Crippen LogP contribution in [0.2, 0.25) is 0 Å². The molecule has 4 rings (SSSR count). The molecule has 0 aromatic heterocycles. The molecule has 45 heavy (non-hydrogen) atoms. The third kappa shape index (κ3) is 8.94. The molecule has 0 aromatic rings. The number of rotatable bonds is 10. The number of likely N-dealkylation sites (tertiary alicyclic amines) is 1. The summed E-state index contributed by atoms with van der Waals surface area (Å²) in [6, 6.07) is -0.159. The maximum atomic E-state index is 12.7. The third-order valence-corrected chi connectivity index (χ3v) is 9.35. The van der Waals surface area contributed by atoms with Gasteiger partial charge in [0.2, 0.25) is 5.91 Å². The van der Waals surface area contributed by atoms with Crippen LogP contribution in [0.15, 0.2) is 36.0 Å². The molecule has 1 unspecified atom stereocenters. The standard InChI is InChI=1S/C33H50N2O10/c1-20(9-12-27-29(37)33(19-42-33)18-32(5,41-7)45-27)8-11-26-21(2)16-25(23(4)44-26)34-28(36)13-10-22(3)43-31(39)35-15-14-24(17-35)30(38)40-6/h8-10,12-13,21-27,29,37H,11,14-19H2,1-7H3,(H,34,36)/b12-9+,13-10-,20-8+/t21-,22-,23+,24+,25+,26-,27?,29+,32-,33+/m0/s1. The Morgan fingerprint density at radius 2 is 1.93 bits per heavy atom. The average molecular weight is 635 g/mol. The van der Waals surface area contributed by atoms with Crippen LogP contribution in [-0.2, 0) is 38.0 Å². The van der Waals surface area contributed by atoms with Gasteiger partial charge in [0.1, 0.15) is 23.9 Å². The maximum absolute atomic E-state index is 12.7. The van der Waals surface area contributed by atoms with Gasteiger partial charge < -0.3 is 43.7 Å². The molecule has 4 saturated heterocycles. The second kappa shape index (κ2) is 14.8. The van der Waals surface area contributed by atoms with Crippen molar-refractivity contribution in [2.24, 2.45) is 11.8 Å². The Balaban J connectivity index is 1.20. The van der Waals surface area contributed by atoms with Gasteiger partial charge in [0, 0.05) is 32.7 Å². The molecule has 4 fully saturated rings. The quantitative estimate of drug-likeness (QED) is 0.159. The Bertz CT molecular complexity index is 1170. The van der Waals surface area contributed by atoms with Crippen LogP contribution in [0.4, 0.5) is 4.79 Å². The highest BCUT2D eigenvalue weighted by Gasteiger charge is 2.61. The Kier molecular flexibility index (Phi) is 11.5. The molecule has 0 saturated carbocycles. The van der Waals surface area contributed by atoms with Crippen LogP contribution in [0.1, 0.15) is 60.3 Å². The largest absolute Gasteiger partial charge is 0.469 e. The fourth-order valence-electron chi connectivity index (χ4n) is 6.31. The van der Waals surface area contributed by atoms with Gasteiger partial charge in [0.05, 0.1) is 37.9 Å². The topological polar surface area (TPSA) is 145 Å². The molecule has 10 atom stereocenters. The number of ether oxygens (including phenoxy) is 6. The fourth-order valence-corrected chi connectivity index (χ4v) is 6.31. The van der Waals surface area contributed by atoms with Crippen molar-refractivity contribution in [2.75, 3.05) is 33.9 Å². The highest BCUT2D eigenvalue weighted by molar-refractivity contribution is 5.87. The summed E-state index contributed by atoms with van der Waals surface area (Å²) in [6.07, 6.45) is 8.67. The molecule has 1 spiro atoms. The van der Waals surface area contributed by atoms with E-state index in [0.717, 1.165) is 12.0 Å². The van der Waals surface area contributed by atoms with Gasteiger partial charge in [-0.25, -0.2) is 4.79 Å². The number of amides is 2. The third-order valence-electron chi connectivity index (χ3n) is 9.35. The van der Waals surface area contributed by atoms with Gasteiger partial charge in [-0.05, 0) is 59.0 Å². The molecule has 0 aliphatic carbocycles. The number of esters is 1. The predicted octanol–water partition coefficient (Wildman–Crippen LogP) is 3.03. The van der Waals surface area contributed by atoms with E-state index in [9.17, 15) is 19.5 Å². The van der Waals surface area contributed by atoms with Crippen molar-refractivity contribution in [2.45, 2.75) is 108 Å². The highest BCUT2D eigenvalue weighted by atomic mass is 16.7. The van der Waals surface area contributed by atoms with Crippen molar-refractivity contribution in [3.63, 3.8) is 0 Å². The summed E-state index contributed by atoms with van der Waals surface area (Å²) in [4.78, 5) is 38.3.